The number of piperidine rings is 1. The highest BCUT2D eigenvalue weighted by Crippen LogP contribution is 2.33. The predicted octanol–water partition coefficient (Wildman–Crippen LogP) is 2.95. The zero-order valence-corrected chi connectivity index (χ0v) is 19.9. The summed E-state index contributed by atoms with van der Waals surface area (Å²) in [4.78, 5) is 16.0. The van der Waals surface area contributed by atoms with Crippen LogP contribution in [0, 0.1) is 11.6 Å². The van der Waals surface area contributed by atoms with Gasteiger partial charge in [0.05, 0.1) is 30.2 Å². The molecule has 2 N–H and O–H groups in total. The van der Waals surface area contributed by atoms with Gasteiger partial charge in [0, 0.05) is 50.8 Å². The van der Waals surface area contributed by atoms with Gasteiger partial charge in [-0.1, -0.05) is 0 Å². The Morgan fingerprint density at radius 3 is 2.56 bits per heavy atom. The predicted molar refractivity (Wildman–Crippen MR) is 128 cm³/mol. The highest BCUT2D eigenvalue weighted by molar-refractivity contribution is 5.83. The van der Waals surface area contributed by atoms with Crippen molar-refractivity contribution >= 4 is 16.9 Å². The fourth-order valence-electron chi connectivity index (χ4n) is 4.22. The molecule has 1 aromatic carbocycles. The van der Waals surface area contributed by atoms with E-state index in [2.05, 4.69) is 15.0 Å². The number of halogens is 2. The van der Waals surface area contributed by atoms with Gasteiger partial charge in [-0.15, -0.1) is 0 Å². The Balaban J connectivity index is 1.45. The SMILES string of the molecule is Cn1cc(-c2nc3cnc(C(C)(O)CO)cc3nc2N2CCC(Oc3ccc(F)cc3F)CC2)cn1. The lowest BCUT2D eigenvalue weighted by molar-refractivity contribution is -0.00573. The van der Waals surface area contributed by atoms with Gasteiger partial charge in [-0.25, -0.2) is 18.7 Å². The summed E-state index contributed by atoms with van der Waals surface area (Å²) in [7, 11) is 1.82. The Bertz CT molecular complexity index is 1400. The van der Waals surface area contributed by atoms with Gasteiger partial charge < -0.3 is 19.8 Å². The molecule has 1 aliphatic rings. The monoisotopic (exact) mass is 496 g/mol. The van der Waals surface area contributed by atoms with Crippen LogP contribution < -0.4 is 9.64 Å². The number of aromatic nitrogens is 5. The number of hydrogen-bond acceptors (Lipinski definition) is 8. The number of pyridine rings is 1. The van der Waals surface area contributed by atoms with Crippen molar-refractivity contribution in [2.45, 2.75) is 31.5 Å². The number of hydrogen-bond donors (Lipinski definition) is 2. The van der Waals surface area contributed by atoms with Gasteiger partial charge in [-0.3, -0.25) is 9.67 Å². The maximum Gasteiger partial charge on any atom is 0.167 e. The van der Waals surface area contributed by atoms with Crippen LogP contribution in [0.15, 0.2) is 42.9 Å². The van der Waals surface area contributed by atoms with E-state index in [1.807, 2.05) is 13.2 Å². The van der Waals surface area contributed by atoms with E-state index >= 15 is 0 Å². The fourth-order valence-corrected chi connectivity index (χ4v) is 4.22. The molecular formula is C25H26F2N6O3. The van der Waals surface area contributed by atoms with Gasteiger partial charge in [0.25, 0.3) is 0 Å². The molecule has 9 nitrogen and oxygen atoms in total. The van der Waals surface area contributed by atoms with Gasteiger partial charge in [0.2, 0.25) is 0 Å². The van der Waals surface area contributed by atoms with Gasteiger partial charge >= 0.3 is 0 Å². The molecule has 188 valence electrons. The van der Waals surface area contributed by atoms with Gasteiger partial charge in [-0.05, 0) is 25.1 Å². The first-order valence-electron chi connectivity index (χ1n) is 11.6. The third-order valence-corrected chi connectivity index (χ3v) is 6.30. The zero-order chi connectivity index (χ0) is 25.4. The Hall–Kier alpha value is -3.70. The zero-order valence-electron chi connectivity index (χ0n) is 19.9. The fraction of sp³-hybridized carbons (Fsp3) is 0.360. The summed E-state index contributed by atoms with van der Waals surface area (Å²) in [5, 5.41) is 24.2. The molecule has 1 unspecified atom stereocenters. The molecule has 1 aliphatic heterocycles. The summed E-state index contributed by atoms with van der Waals surface area (Å²) in [6, 6.07) is 4.92. The summed E-state index contributed by atoms with van der Waals surface area (Å²) >= 11 is 0. The molecule has 4 heterocycles. The molecule has 1 atom stereocenters. The summed E-state index contributed by atoms with van der Waals surface area (Å²) in [6.45, 7) is 2.15. The Labute approximate surface area is 206 Å². The number of nitrogens with zero attached hydrogens (tertiary/aromatic N) is 6. The van der Waals surface area contributed by atoms with E-state index in [9.17, 15) is 19.0 Å². The number of aliphatic hydroxyl groups excluding tert-OH is 1. The lowest BCUT2D eigenvalue weighted by Crippen LogP contribution is -2.39. The van der Waals surface area contributed by atoms with Crippen molar-refractivity contribution in [2.24, 2.45) is 7.05 Å². The molecule has 0 spiro atoms. The van der Waals surface area contributed by atoms with E-state index in [4.69, 9.17) is 14.7 Å². The molecule has 1 saturated heterocycles. The molecule has 0 amide bonds. The lowest BCUT2D eigenvalue weighted by atomic mass is 10.0. The number of benzene rings is 1. The molecule has 0 bridgehead atoms. The van der Waals surface area contributed by atoms with E-state index in [1.165, 1.54) is 25.3 Å². The number of rotatable bonds is 6. The first-order valence-corrected chi connectivity index (χ1v) is 11.6. The molecule has 0 aliphatic carbocycles. The van der Waals surface area contributed by atoms with Crippen LogP contribution in [0.1, 0.15) is 25.5 Å². The third-order valence-electron chi connectivity index (χ3n) is 6.30. The second kappa shape index (κ2) is 9.40. The van der Waals surface area contributed by atoms with Crippen LogP contribution in [-0.2, 0) is 12.6 Å². The minimum Gasteiger partial charge on any atom is -0.487 e. The number of ether oxygens (including phenoxy) is 1. The maximum atomic E-state index is 14.0. The van der Waals surface area contributed by atoms with Crippen molar-refractivity contribution in [3.05, 3.63) is 60.2 Å². The maximum absolute atomic E-state index is 14.0. The molecular weight excluding hydrogens is 470 g/mol. The normalized spacial score (nSPS) is 16.3. The highest BCUT2D eigenvalue weighted by Gasteiger charge is 2.28. The second-order valence-corrected chi connectivity index (χ2v) is 9.17. The smallest absolute Gasteiger partial charge is 0.167 e. The third kappa shape index (κ3) is 4.71. The lowest BCUT2D eigenvalue weighted by Gasteiger charge is -2.33. The molecule has 36 heavy (non-hydrogen) atoms. The summed E-state index contributed by atoms with van der Waals surface area (Å²) in [5.41, 5.74) is 1.29. The van der Waals surface area contributed by atoms with E-state index in [0.29, 0.717) is 54.2 Å². The largest absolute Gasteiger partial charge is 0.487 e. The number of aliphatic hydroxyl groups is 2. The number of aryl methyl sites for hydroxylation is 1. The van der Waals surface area contributed by atoms with Crippen LogP contribution in [0.4, 0.5) is 14.6 Å². The highest BCUT2D eigenvalue weighted by atomic mass is 19.1. The van der Waals surface area contributed by atoms with Crippen LogP contribution in [-0.4, -0.2) is 60.7 Å². The van der Waals surface area contributed by atoms with Gasteiger partial charge in [-0.2, -0.15) is 5.10 Å². The molecule has 3 aromatic heterocycles. The van der Waals surface area contributed by atoms with Crippen molar-refractivity contribution in [1.29, 1.82) is 0 Å². The van der Waals surface area contributed by atoms with Crippen molar-refractivity contribution < 1.29 is 23.7 Å². The molecule has 0 saturated carbocycles. The summed E-state index contributed by atoms with van der Waals surface area (Å²) in [5.74, 6) is -0.693. The standard InChI is InChI=1S/C25H26F2N6O3/c1-25(35,14-34)22-10-19-20(12-28-22)30-23(15-11-29-32(2)13-15)24(31-19)33-7-5-17(6-8-33)36-21-4-3-16(26)9-18(21)27/h3-4,9-13,17,34-35H,5-8,14H2,1-2H3. The summed E-state index contributed by atoms with van der Waals surface area (Å²) < 4.78 is 34.7. The van der Waals surface area contributed by atoms with E-state index in [1.54, 1.807) is 16.9 Å². The topological polar surface area (TPSA) is 109 Å². The molecule has 1 fully saturated rings. The Kier molecular flexibility index (Phi) is 6.27. The molecule has 0 radical (unpaired) electrons. The first-order chi connectivity index (χ1) is 17.2. The van der Waals surface area contributed by atoms with Crippen molar-refractivity contribution in [2.75, 3.05) is 24.6 Å². The molecule has 4 aromatic rings. The first kappa shape index (κ1) is 24.0. The van der Waals surface area contributed by atoms with E-state index in [0.717, 1.165) is 11.6 Å². The number of anilines is 1. The van der Waals surface area contributed by atoms with Crippen LogP contribution >= 0.6 is 0 Å². The van der Waals surface area contributed by atoms with Crippen molar-refractivity contribution in [3.8, 4) is 17.0 Å². The van der Waals surface area contributed by atoms with Crippen molar-refractivity contribution in [3.63, 3.8) is 0 Å². The molecule has 5 rings (SSSR count). The van der Waals surface area contributed by atoms with Crippen LogP contribution in [0.5, 0.6) is 5.75 Å². The van der Waals surface area contributed by atoms with Gasteiger partial charge in [0.1, 0.15) is 28.7 Å². The number of fused-ring (bicyclic) bond motifs is 1. The quantitative estimate of drug-likeness (QED) is 0.419. The van der Waals surface area contributed by atoms with E-state index in [-0.39, 0.29) is 11.9 Å². The summed E-state index contributed by atoms with van der Waals surface area (Å²) in [6.07, 6.45) is 6.07. The van der Waals surface area contributed by atoms with Crippen LogP contribution in [0.25, 0.3) is 22.3 Å². The average Bonchev–Trinajstić information content (AvgIpc) is 3.31. The molecule has 11 heteroatoms. The van der Waals surface area contributed by atoms with Gasteiger partial charge in [0.15, 0.2) is 17.4 Å². The minimum absolute atomic E-state index is 0.0346. The Morgan fingerprint density at radius 2 is 1.89 bits per heavy atom. The Morgan fingerprint density at radius 1 is 1.11 bits per heavy atom. The van der Waals surface area contributed by atoms with E-state index < -0.39 is 23.8 Å². The average molecular weight is 497 g/mol. The minimum atomic E-state index is -1.51. The van der Waals surface area contributed by atoms with Crippen LogP contribution in [0.2, 0.25) is 0 Å². The van der Waals surface area contributed by atoms with Crippen molar-refractivity contribution in [1.82, 2.24) is 24.7 Å². The second-order valence-electron chi connectivity index (χ2n) is 9.17. The van der Waals surface area contributed by atoms with Crippen LogP contribution in [0.3, 0.4) is 0 Å².